The Kier molecular flexibility index (Phi) is 11.2. The van der Waals surface area contributed by atoms with Crippen LogP contribution in [0.4, 0.5) is 0 Å². The molecule has 5 N–H and O–H groups in total. The highest BCUT2D eigenvalue weighted by molar-refractivity contribution is 5.87. The van der Waals surface area contributed by atoms with Gasteiger partial charge in [0.05, 0.1) is 49.2 Å². The molecule has 13 atom stereocenters. The molecule has 5 aliphatic rings. The van der Waals surface area contributed by atoms with Crippen molar-refractivity contribution >= 4 is 11.8 Å². The number of hydrogen-bond acceptors (Lipinski definition) is 10. The maximum absolute atomic E-state index is 13.5. The molecule has 13 unspecified atom stereocenters. The monoisotopic (exact) mass is 620 g/mol. The maximum atomic E-state index is 13.5. The molecule has 3 aliphatic heterocycles. The summed E-state index contributed by atoms with van der Waals surface area (Å²) in [5.41, 5.74) is -0.291. The molecule has 10 nitrogen and oxygen atoms in total. The first-order valence-electron chi connectivity index (χ1n) is 17.2. The fourth-order valence-corrected chi connectivity index (χ4v) is 8.87. The van der Waals surface area contributed by atoms with Gasteiger partial charge < -0.3 is 40.2 Å². The summed E-state index contributed by atoms with van der Waals surface area (Å²) in [6.45, 7) is 9.27. The van der Waals surface area contributed by atoms with Gasteiger partial charge in [0.15, 0.2) is 0 Å². The van der Waals surface area contributed by atoms with Crippen LogP contribution >= 0.6 is 0 Å². The number of allylic oxidation sites excluding steroid dienone is 1. The first-order chi connectivity index (χ1) is 21.1. The standard InChI is InChI=1S/C34H56N2O8/c1-5-19(3)33(41)43-26-16-24-30(40)29-25(39)15-23(18-37)42-32(29)28(21-8-7-9-22(38)14-21)31(24)44-34(26,4)13-12-20-10-11-27(35-6-2)36-17-20/h5,20-24,26-32,35-38,40H,6-18H2,1-4H3. The Morgan fingerprint density at radius 1 is 1.18 bits per heavy atom. The van der Waals surface area contributed by atoms with Crippen LogP contribution in [0.25, 0.3) is 0 Å². The van der Waals surface area contributed by atoms with Crippen molar-refractivity contribution in [2.75, 3.05) is 19.7 Å². The second-order valence-corrected chi connectivity index (χ2v) is 14.4. The van der Waals surface area contributed by atoms with Gasteiger partial charge in [0.2, 0.25) is 0 Å². The lowest BCUT2D eigenvalue weighted by Gasteiger charge is -2.59. The number of aliphatic hydroxyl groups is 3. The van der Waals surface area contributed by atoms with E-state index in [4.69, 9.17) is 14.2 Å². The summed E-state index contributed by atoms with van der Waals surface area (Å²) < 4.78 is 19.8. The van der Waals surface area contributed by atoms with E-state index in [-0.39, 0.29) is 30.6 Å². The van der Waals surface area contributed by atoms with Crippen molar-refractivity contribution in [3.05, 3.63) is 11.6 Å². The van der Waals surface area contributed by atoms with E-state index in [1.165, 1.54) is 0 Å². The molecule has 2 aliphatic carbocycles. The zero-order chi connectivity index (χ0) is 31.6. The van der Waals surface area contributed by atoms with Crippen LogP contribution in [-0.4, -0.2) is 95.2 Å². The highest BCUT2D eigenvalue weighted by Crippen LogP contribution is 2.53. The van der Waals surface area contributed by atoms with Crippen molar-refractivity contribution in [2.45, 2.75) is 140 Å². The molecule has 3 saturated heterocycles. The molecule has 2 saturated carbocycles. The van der Waals surface area contributed by atoms with Gasteiger partial charge in [-0.25, -0.2) is 4.79 Å². The number of piperidine rings is 1. The van der Waals surface area contributed by atoms with Gasteiger partial charge in [0.1, 0.15) is 17.5 Å². The highest BCUT2D eigenvalue weighted by atomic mass is 16.6. The molecule has 44 heavy (non-hydrogen) atoms. The molecule has 5 fully saturated rings. The van der Waals surface area contributed by atoms with E-state index in [2.05, 4.69) is 17.6 Å². The van der Waals surface area contributed by atoms with E-state index in [9.17, 15) is 24.9 Å². The summed E-state index contributed by atoms with van der Waals surface area (Å²) in [6.07, 6.45) is 5.68. The van der Waals surface area contributed by atoms with Crippen LogP contribution in [0.1, 0.15) is 91.9 Å². The van der Waals surface area contributed by atoms with E-state index >= 15 is 0 Å². The maximum Gasteiger partial charge on any atom is 0.333 e. The van der Waals surface area contributed by atoms with Gasteiger partial charge in [-0.15, -0.1) is 0 Å². The molecule has 0 spiro atoms. The lowest BCUT2D eigenvalue weighted by Crippen LogP contribution is -2.69. The van der Waals surface area contributed by atoms with E-state index < -0.39 is 60.0 Å². The molecular formula is C34H56N2O8. The average molecular weight is 621 g/mol. The van der Waals surface area contributed by atoms with Crippen molar-refractivity contribution < 1.29 is 39.1 Å². The van der Waals surface area contributed by atoms with Crippen molar-refractivity contribution in [1.29, 1.82) is 0 Å². The van der Waals surface area contributed by atoms with Crippen LogP contribution in [0.3, 0.4) is 0 Å². The minimum Gasteiger partial charge on any atom is -0.456 e. The quantitative estimate of drug-likeness (QED) is 0.193. The summed E-state index contributed by atoms with van der Waals surface area (Å²) in [5.74, 6) is -1.36. The van der Waals surface area contributed by atoms with Gasteiger partial charge in [0, 0.05) is 23.8 Å². The zero-order valence-corrected chi connectivity index (χ0v) is 27.1. The number of fused-ring (bicyclic) bond motifs is 2. The third-order valence-corrected chi connectivity index (χ3v) is 11.5. The van der Waals surface area contributed by atoms with Crippen molar-refractivity contribution in [2.24, 2.45) is 29.6 Å². The van der Waals surface area contributed by atoms with Crippen LogP contribution in [-0.2, 0) is 23.8 Å². The SMILES string of the molecule is CC=C(C)C(=O)OC1CC2C(O)C3C(=O)CC(CO)OC3C(C3CCCC(O)C3)C2OC1(C)CCC1CCC(NCC)NC1. The number of rotatable bonds is 9. The molecule has 3 heterocycles. The topological polar surface area (TPSA) is 147 Å². The summed E-state index contributed by atoms with van der Waals surface area (Å²) in [5, 5.41) is 39.6. The van der Waals surface area contributed by atoms with Gasteiger partial charge in [0.25, 0.3) is 0 Å². The Balaban J connectivity index is 1.44. The van der Waals surface area contributed by atoms with Crippen molar-refractivity contribution in [3.63, 3.8) is 0 Å². The Hall–Kier alpha value is -1.40. The summed E-state index contributed by atoms with van der Waals surface area (Å²) in [7, 11) is 0. The molecule has 0 amide bonds. The van der Waals surface area contributed by atoms with Crippen molar-refractivity contribution in [1.82, 2.24) is 10.6 Å². The number of Topliss-reactive ketones (excluding diaryl/α,β-unsaturated/α-hetero) is 1. The number of nitrogens with one attached hydrogen (secondary N) is 2. The molecule has 5 rings (SSSR count). The fraction of sp³-hybridized carbons (Fsp3) is 0.882. The van der Waals surface area contributed by atoms with Crippen molar-refractivity contribution in [3.8, 4) is 0 Å². The third kappa shape index (κ3) is 7.11. The second-order valence-electron chi connectivity index (χ2n) is 14.4. The Labute approximate surface area is 262 Å². The number of carbonyl (C=O) groups excluding carboxylic acids is 2. The number of aliphatic hydroxyl groups excluding tert-OH is 3. The van der Waals surface area contributed by atoms with E-state index in [1.807, 2.05) is 13.8 Å². The normalized spacial score (nSPS) is 44.9. The molecule has 0 aromatic rings. The summed E-state index contributed by atoms with van der Waals surface area (Å²) >= 11 is 0. The first kappa shape index (κ1) is 33.9. The molecule has 0 aromatic heterocycles. The smallest absolute Gasteiger partial charge is 0.333 e. The number of hydrogen-bond donors (Lipinski definition) is 5. The van der Waals surface area contributed by atoms with E-state index in [0.29, 0.717) is 36.9 Å². The van der Waals surface area contributed by atoms with E-state index in [0.717, 1.165) is 51.6 Å². The Morgan fingerprint density at radius 3 is 2.64 bits per heavy atom. The molecule has 0 radical (unpaired) electrons. The predicted molar refractivity (Wildman–Crippen MR) is 164 cm³/mol. The van der Waals surface area contributed by atoms with Crippen LogP contribution in [0.5, 0.6) is 0 Å². The minimum absolute atomic E-state index is 0.0515. The van der Waals surface area contributed by atoms with Crippen LogP contribution in [0.15, 0.2) is 11.6 Å². The number of ether oxygens (including phenoxy) is 3. The molecule has 10 heteroatoms. The largest absolute Gasteiger partial charge is 0.456 e. The number of esters is 1. The second kappa shape index (κ2) is 14.6. The lowest BCUT2D eigenvalue weighted by molar-refractivity contribution is -0.292. The van der Waals surface area contributed by atoms with Crippen LogP contribution < -0.4 is 10.6 Å². The zero-order valence-electron chi connectivity index (χ0n) is 27.1. The van der Waals surface area contributed by atoms with Gasteiger partial charge in [-0.3, -0.25) is 4.79 Å². The van der Waals surface area contributed by atoms with Crippen LogP contribution in [0, 0.1) is 29.6 Å². The first-order valence-corrected chi connectivity index (χ1v) is 17.2. The number of ketones is 1. The van der Waals surface area contributed by atoms with Gasteiger partial charge in [-0.2, -0.15) is 0 Å². The lowest BCUT2D eigenvalue weighted by atomic mass is 9.58. The van der Waals surface area contributed by atoms with Gasteiger partial charge in [-0.1, -0.05) is 19.4 Å². The fourth-order valence-electron chi connectivity index (χ4n) is 8.87. The minimum atomic E-state index is -1.01. The molecule has 250 valence electrons. The Morgan fingerprint density at radius 2 is 1.98 bits per heavy atom. The predicted octanol–water partition coefficient (Wildman–Crippen LogP) is 2.62. The molecule has 0 aromatic carbocycles. The van der Waals surface area contributed by atoms with Gasteiger partial charge >= 0.3 is 5.97 Å². The highest BCUT2D eigenvalue weighted by Gasteiger charge is 2.62. The summed E-state index contributed by atoms with van der Waals surface area (Å²) in [4.78, 5) is 26.6. The average Bonchev–Trinajstić information content (AvgIpc) is 3.01. The molecule has 0 bridgehead atoms. The van der Waals surface area contributed by atoms with E-state index in [1.54, 1.807) is 13.0 Å². The molecular weight excluding hydrogens is 564 g/mol. The number of carbonyl (C=O) groups is 2. The Bertz CT molecular complexity index is 1030. The van der Waals surface area contributed by atoms with Crippen LogP contribution in [0.2, 0.25) is 0 Å². The summed E-state index contributed by atoms with van der Waals surface area (Å²) in [6, 6.07) is 0. The van der Waals surface area contributed by atoms with Gasteiger partial charge in [-0.05, 0) is 97.1 Å². The third-order valence-electron chi connectivity index (χ3n) is 11.5.